The van der Waals surface area contributed by atoms with Crippen LogP contribution in [0.25, 0.3) is 11.5 Å². The van der Waals surface area contributed by atoms with Gasteiger partial charge in [0.1, 0.15) is 5.82 Å². The van der Waals surface area contributed by atoms with Gasteiger partial charge in [0.05, 0.1) is 17.4 Å². The van der Waals surface area contributed by atoms with Crippen LogP contribution in [0.15, 0.2) is 57.8 Å². The van der Waals surface area contributed by atoms with E-state index in [2.05, 4.69) is 10.2 Å². The third-order valence-electron chi connectivity index (χ3n) is 5.33. The molecule has 1 aromatic heterocycles. The van der Waals surface area contributed by atoms with Crippen LogP contribution in [0.4, 0.5) is 4.39 Å². The Balaban J connectivity index is 1.62. The van der Waals surface area contributed by atoms with Crippen LogP contribution >= 0.6 is 0 Å². The minimum Gasteiger partial charge on any atom is -0.420 e. The van der Waals surface area contributed by atoms with Crippen molar-refractivity contribution in [1.29, 1.82) is 0 Å². The second-order valence-corrected chi connectivity index (χ2v) is 9.30. The third-order valence-corrected chi connectivity index (χ3v) is 7.16. The first-order valence-electron chi connectivity index (χ1n) is 9.54. The van der Waals surface area contributed by atoms with E-state index in [4.69, 9.17) is 9.15 Å². The summed E-state index contributed by atoms with van der Waals surface area (Å²) in [6.45, 7) is 2.32. The normalized spacial score (nSPS) is 20.0. The van der Waals surface area contributed by atoms with E-state index in [-0.39, 0.29) is 35.4 Å². The van der Waals surface area contributed by atoms with Gasteiger partial charge in [-0.1, -0.05) is 18.2 Å². The molecule has 1 saturated heterocycles. The van der Waals surface area contributed by atoms with E-state index in [1.54, 1.807) is 14.0 Å². The van der Waals surface area contributed by atoms with Crippen molar-refractivity contribution in [2.45, 2.75) is 17.7 Å². The van der Waals surface area contributed by atoms with Crippen LogP contribution in [0.1, 0.15) is 17.4 Å². The van der Waals surface area contributed by atoms with Crippen molar-refractivity contribution in [2.24, 2.45) is 5.92 Å². The van der Waals surface area contributed by atoms with E-state index in [0.717, 1.165) is 5.56 Å². The van der Waals surface area contributed by atoms with Gasteiger partial charge in [0.25, 0.3) is 0 Å². The van der Waals surface area contributed by atoms with Crippen molar-refractivity contribution in [2.75, 3.05) is 26.8 Å². The number of benzene rings is 2. The minimum atomic E-state index is -3.79. The molecule has 2 atom stereocenters. The van der Waals surface area contributed by atoms with Gasteiger partial charge in [0, 0.05) is 31.7 Å². The molecule has 2 aromatic carbocycles. The Morgan fingerprint density at radius 1 is 1.17 bits per heavy atom. The van der Waals surface area contributed by atoms with E-state index in [1.807, 2.05) is 30.3 Å². The number of sulfonamides is 1. The number of aromatic nitrogens is 2. The average molecular weight is 431 g/mol. The lowest BCUT2D eigenvalue weighted by Crippen LogP contribution is -2.29. The minimum absolute atomic E-state index is 0.0636. The molecule has 4 rings (SSSR count). The Bertz CT molecular complexity index is 1130. The third kappa shape index (κ3) is 3.88. The second kappa shape index (κ2) is 8.25. The van der Waals surface area contributed by atoms with E-state index in [0.29, 0.717) is 18.4 Å². The first-order valence-corrected chi connectivity index (χ1v) is 11.0. The molecule has 30 heavy (non-hydrogen) atoms. The number of methoxy groups -OCH3 is 1. The largest absolute Gasteiger partial charge is 0.420 e. The van der Waals surface area contributed by atoms with E-state index < -0.39 is 15.8 Å². The fourth-order valence-corrected chi connectivity index (χ4v) is 5.31. The number of hydrogen-bond acceptors (Lipinski definition) is 6. The molecule has 0 aliphatic carbocycles. The summed E-state index contributed by atoms with van der Waals surface area (Å²) in [4.78, 5) is 0.0636. The Kier molecular flexibility index (Phi) is 5.68. The maximum absolute atomic E-state index is 13.6. The van der Waals surface area contributed by atoms with Gasteiger partial charge in [-0.15, -0.1) is 10.2 Å². The lowest BCUT2D eigenvalue weighted by atomic mass is 9.97. The molecular formula is C21H22FN3O4S. The summed E-state index contributed by atoms with van der Waals surface area (Å²) < 4.78 is 52.5. The van der Waals surface area contributed by atoms with Crippen molar-refractivity contribution in [3.63, 3.8) is 0 Å². The molecule has 0 amide bonds. The first-order chi connectivity index (χ1) is 14.4. The average Bonchev–Trinajstić information content (AvgIpc) is 3.38. The van der Waals surface area contributed by atoms with Gasteiger partial charge in [0.2, 0.25) is 21.8 Å². The molecule has 7 nitrogen and oxygen atoms in total. The highest BCUT2D eigenvalue weighted by Gasteiger charge is 2.42. The van der Waals surface area contributed by atoms with Crippen molar-refractivity contribution in [3.05, 3.63) is 65.8 Å². The highest BCUT2D eigenvalue weighted by molar-refractivity contribution is 7.89. The van der Waals surface area contributed by atoms with Gasteiger partial charge in [-0.3, -0.25) is 0 Å². The Hall–Kier alpha value is -2.62. The Morgan fingerprint density at radius 2 is 1.93 bits per heavy atom. The predicted molar refractivity (Wildman–Crippen MR) is 108 cm³/mol. The second-order valence-electron chi connectivity index (χ2n) is 7.37. The molecule has 0 unspecified atom stereocenters. The van der Waals surface area contributed by atoms with Crippen LogP contribution in [0.2, 0.25) is 0 Å². The molecule has 0 N–H and O–H groups in total. The quantitative estimate of drug-likeness (QED) is 0.596. The van der Waals surface area contributed by atoms with Crippen LogP contribution in [-0.4, -0.2) is 49.7 Å². The van der Waals surface area contributed by atoms with Gasteiger partial charge < -0.3 is 9.15 Å². The summed E-state index contributed by atoms with van der Waals surface area (Å²) in [6.07, 6.45) is 0. The Morgan fingerprint density at radius 3 is 2.63 bits per heavy atom. The van der Waals surface area contributed by atoms with Crippen LogP contribution in [0, 0.1) is 18.7 Å². The monoisotopic (exact) mass is 431 g/mol. The summed E-state index contributed by atoms with van der Waals surface area (Å²) in [5, 5.41) is 8.30. The summed E-state index contributed by atoms with van der Waals surface area (Å²) in [6, 6.07) is 13.2. The van der Waals surface area contributed by atoms with Gasteiger partial charge in [-0.05, 0) is 42.8 Å². The van der Waals surface area contributed by atoms with Crippen LogP contribution < -0.4 is 0 Å². The fourth-order valence-electron chi connectivity index (χ4n) is 3.70. The zero-order valence-electron chi connectivity index (χ0n) is 16.7. The molecule has 3 aromatic rings. The first kappa shape index (κ1) is 20.6. The molecule has 1 aliphatic rings. The molecule has 1 fully saturated rings. The smallest absolute Gasteiger partial charge is 0.247 e. The molecule has 158 valence electrons. The summed E-state index contributed by atoms with van der Waals surface area (Å²) >= 11 is 0. The lowest BCUT2D eigenvalue weighted by Gasteiger charge is -2.16. The highest BCUT2D eigenvalue weighted by Crippen LogP contribution is 2.36. The van der Waals surface area contributed by atoms with E-state index in [9.17, 15) is 12.8 Å². The lowest BCUT2D eigenvalue weighted by molar-refractivity contribution is 0.147. The highest BCUT2D eigenvalue weighted by atomic mass is 32.2. The number of rotatable bonds is 6. The number of aryl methyl sites for hydroxylation is 1. The standard InChI is InChI=1S/C21H22FN3O4S/c1-14-10-17(8-9-19(14)22)30(26,27)25-11-16(13-28-2)18(12-25)21-24-23-20(29-21)15-6-4-3-5-7-15/h3-10,16,18H,11-13H2,1-2H3/t16-,18+/m0/s1. The molecule has 0 saturated carbocycles. The molecule has 2 heterocycles. The molecule has 9 heteroatoms. The predicted octanol–water partition coefficient (Wildman–Crippen LogP) is 3.23. The van der Waals surface area contributed by atoms with Gasteiger partial charge in [-0.25, -0.2) is 12.8 Å². The summed E-state index contributed by atoms with van der Waals surface area (Å²) in [7, 11) is -2.22. The van der Waals surface area contributed by atoms with Crippen LogP contribution in [0.3, 0.4) is 0 Å². The molecule has 1 aliphatic heterocycles. The number of nitrogens with zero attached hydrogens (tertiary/aromatic N) is 3. The van der Waals surface area contributed by atoms with Gasteiger partial charge in [-0.2, -0.15) is 4.31 Å². The van der Waals surface area contributed by atoms with Gasteiger partial charge in [0.15, 0.2) is 0 Å². The molecule has 0 spiro atoms. The SMILES string of the molecule is COC[C@@H]1CN(S(=O)(=O)c2ccc(F)c(C)c2)C[C@H]1c1nnc(-c2ccccc2)o1. The fraction of sp³-hybridized carbons (Fsp3) is 0.333. The van der Waals surface area contributed by atoms with Crippen molar-refractivity contribution in [3.8, 4) is 11.5 Å². The number of ether oxygens (including phenoxy) is 1. The van der Waals surface area contributed by atoms with Crippen molar-refractivity contribution < 1.29 is 22.0 Å². The maximum Gasteiger partial charge on any atom is 0.247 e. The zero-order chi connectivity index (χ0) is 21.3. The van der Waals surface area contributed by atoms with E-state index in [1.165, 1.54) is 22.5 Å². The molecular weight excluding hydrogens is 409 g/mol. The van der Waals surface area contributed by atoms with Gasteiger partial charge >= 0.3 is 0 Å². The van der Waals surface area contributed by atoms with Crippen LogP contribution in [0.5, 0.6) is 0 Å². The Labute approximate surface area is 174 Å². The summed E-state index contributed by atoms with van der Waals surface area (Å²) in [5.41, 5.74) is 1.08. The topological polar surface area (TPSA) is 85.5 Å². The summed E-state index contributed by atoms with van der Waals surface area (Å²) in [5.74, 6) is -0.118. The van der Waals surface area contributed by atoms with Crippen molar-refractivity contribution >= 4 is 10.0 Å². The van der Waals surface area contributed by atoms with Crippen LogP contribution in [-0.2, 0) is 14.8 Å². The van der Waals surface area contributed by atoms with Crippen molar-refractivity contribution in [1.82, 2.24) is 14.5 Å². The zero-order valence-corrected chi connectivity index (χ0v) is 17.5. The molecule has 0 radical (unpaired) electrons. The van der Waals surface area contributed by atoms with E-state index >= 15 is 0 Å². The number of hydrogen-bond donors (Lipinski definition) is 0. The molecule has 0 bridgehead atoms. The maximum atomic E-state index is 13.6. The number of halogens is 1.